The molecule has 3 rings (SSSR count). The van der Waals surface area contributed by atoms with Crippen molar-refractivity contribution in [2.45, 2.75) is 25.7 Å². The van der Waals surface area contributed by atoms with E-state index in [0.29, 0.717) is 17.1 Å². The summed E-state index contributed by atoms with van der Waals surface area (Å²) in [7, 11) is 2.94. The van der Waals surface area contributed by atoms with Crippen LogP contribution in [0.5, 0.6) is 17.2 Å². The molecule has 2 aromatic rings. The molecule has 0 saturated carbocycles. The van der Waals surface area contributed by atoms with E-state index >= 15 is 0 Å². The number of carbonyl (C=O) groups is 1. The van der Waals surface area contributed by atoms with Crippen LogP contribution >= 0.6 is 0 Å². The highest BCUT2D eigenvalue weighted by Gasteiger charge is 2.12. The van der Waals surface area contributed by atoms with Crippen molar-refractivity contribution in [2.75, 3.05) is 14.2 Å². The van der Waals surface area contributed by atoms with Crippen LogP contribution in [0.1, 0.15) is 39.9 Å². The van der Waals surface area contributed by atoms with E-state index < -0.39 is 0 Å². The predicted molar refractivity (Wildman–Crippen MR) is 97.7 cm³/mol. The van der Waals surface area contributed by atoms with E-state index in [1.54, 1.807) is 18.2 Å². The Kier molecular flexibility index (Phi) is 5.08. The normalized spacial score (nSPS) is 13.5. The van der Waals surface area contributed by atoms with Gasteiger partial charge in [0.1, 0.15) is 0 Å². The summed E-state index contributed by atoms with van der Waals surface area (Å²) in [6, 6.07) is 9.30. The second kappa shape index (κ2) is 7.43. The highest BCUT2D eigenvalue weighted by Crippen LogP contribution is 2.37. The van der Waals surface area contributed by atoms with Gasteiger partial charge in [-0.05, 0) is 66.6 Å². The molecule has 130 valence electrons. The van der Waals surface area contributed by atoms with Crippen LogP contribution in [0.15, 0.2) is 36.4 Å². The fourth-order valence-corrected chi connectivity index (χ4v) is 3.16. The Morgan fingerprint density at radius 2 is 1.64 bits per heavy atom. The Balaban J connectivity index is 1.83. The average Bonchev–Trinajstić information content (AvgIpc) is 2.66. The summed E-state index contributed by atoms with van der Waals surface area (Å²) in [6.45, 7) is 0. The molecule has 0 radical (unpaired) electrons. The number of carbonyl (C=O) groups excluding carboxylic acids is 1. The van der Waals surface area contributed by atoms with Crippen LogP contribution in [0, 0.1) is 0 Å². The van der Waals surface area contributed by atoms with Gasteiger partial charge in [-0.1, -0.05) is 18.2 Å². The minimum Gasteiger partial charge on any atom is -0.502 e. The summed E-state index contributed by atoms with van der Waals surface area (Å²) >= 11 is 0. The number of fused-ring (bicyclic) bond motifs is 1. The Labute approximate surface area is 147 Å². The molecule has 0 fully saturated rings. The highest BCUT2D eigenvalue weighted by molar-refractivity contribution is 6.07. The van der Waals surface area contributed by atoms with Gasteiger partial charge in [-0.15, -0.1) is 0 Å². The number of hydrogen-bond acceptors (Lipinski definition) is 4. The smallest absolute Gasteiger partial charge is 0.200 e. The lowest BCUT2D eigenvalue weighted by atomic mass is 9.90. The van der Waals surface area contributed by atoms with E-state index in [4.69, 9.17) is 9.47 Å². The lowest BCUT2D eigenvalue weighted by Gasteiger charge is -2.15. The first-order valence-corrected chi connectivity index (χ1v) is 8.41. The minimum absolute atomic E-state index is 0.0422. The van der Waals surface area contributed by atoms with E-state index in [1.807, 2.05) is 12.1 Å². The molecule has 0 bridgehead atoms. The number of ether oxygens (including phenoxy) is 2. The van der Waals surface area contributed by atoms with Crippen molar-refractivity contribution in [3.63, 3.8) is 0 Å². The highest BCUT2D eigenvalue weighted by atomic mass is 16.5. The molecule has 0 saturated heterocycles. The first-order chi connectivity index (χ1) is 12.1. The van der Waals surface area contributed by atoms with Gasteiger partial charge in [-0.3, -0.25) is 4.79 Å². The molecule has 0 unspecified atom stereocenters. The summed E-state index contributed by atoms with van der Waals surface area (Å²) in [5.41, 5.74) is 4.07. The van der Waals surface area contributed by atoms with E-state index in [9.17, 15) is 9.90 Å². The molecule has 0 amide bonds. The molecule has 0 atom stereocenters. The first kappa shape index (κ1) is 17.1. The third-order valence-electron chi connectivity index (χ3n) is 4.56. The summed E-state index contributed by atoms with van der Waals surface area (Å²) in [5, 5.41) is 9.94. The minimum atomic E-state index is -0.0526. The van der Waals surface area contributed by atoms with E-state index in [2.05, 4.69) is 6.07 Å². The number of ketones is 1. The van der Waals surface area contributed by atoms with E-state index in [-0.39, 0.29) is 11.5 Å². The Bertz CT molecular complexity index is 796. The first-order valence-electron chi connectivity index (χ1n) is 8.41. The maximum Gasteiger partial charge on any atom is 0.200 e. The Morgan fingerprint density at radius 3 is 2.28 bits per heavy atom. The van der Waals surface area contributed by atoms with Crippen molar-refractivity contribution in [1.82, 2.24) is 0 Å². The van der Waals surface area contributed by atoms with E-state index in [1.165, 1.54) is 44.3 Å². The SMILES string of the molecule is COc1cc(C=CC(=O)c2ccc3c(c2)CCCC3)cc(OC)c1O. The second-order valence-electron chi connectivity index (χ2n) is 6.16. The van der Waals surface area contributed by atoms with Crippen LogP contribution in [0.25, 0.3) is 6.08 Å². The van der Waals surface area contributed by atoms with Crippen LogP contribution in [0.4, 0.5) is 0 Å². The molecule has 2 aromatic carbocycles. The maximum atomic E-state index is 12.5. The van der Waals surface area contributed by atoms with Gasteiger partial charge >= 0.3 is 0 Å². The van der Waals surface area contributed by atoms with Crippen molar-refractivity contribution in [1.29, 1.82) is 0 Å². The third kappa shape index (κ3) is 3.68. The number of aryl methyl sites for hydroxylation is 2. The zero-order valence-electron chi connectivity index (χ0n) is 14.5. The molecule has 0 heterocycles. The Morgan fingerprint density at radius 1 is 1.00 bits per heavy atom. The molecular weight excluding hydrogens is 316 g/mol. The predicted octanol–water partition coefficient (Wildman–Crippen LogP) is 4.18. The van der Waals surface area contributed by atoms with Crippen molar-refractivity contribution < 1.29 is 19.4 Å². The molecule has 25 heavy (non-hydrogen) atoms. The molecule has 4 heteroatoms. The van der Waals surface area contributed by atoms with Gasteiger partial charge in [0.05, 0.1) is 14.2 Å². The van der Waals surface area contributed by atoms with Crippen molar-refractivity contribution in [2.24, 2.45) is 0 Å². The van der Waals surface area contributed by atoms with Gasteiger partial charge in [-0.25, -0.2) is 0 Å². The molecule has 0 aromatic heterocycles. The van der Waals surface area contributed by atoms with Crippen molar-refractivity contribution in [3.05, 3.63) is 58.7 Å². The van der Waals surface area contributed by atoms with Crippen LogP contribution in [-0.4, -0.2) is 25.1 Å². The lowest BCUT2D eigenvalue weighted by molar-refractivity contribution is 0.104. The van der Waals surface area contributed by atoms with Crippen molar-refractivity contribution in [3.8, 4) is 17.2 Å². The quantitative estimate of drug-likeness (QED) is 0.656. The lowest BCUT2D eigenvalue weighted by Crippen LogP contribution is -2.05. The second-order valence-corrected chi connectivity index (χ2v) is 6.16. The zero-order chi connectivity index (χ0) is 17.8. The van der Waals surface area contributed by atoms with Gasteiger partial charge in [-0.2, -0.15) is 0 Å². The Hall–Kier alpha value is -2.75. The average molecular weight is 338 g/mol. The maximum absolute atomic E-state index is 12.5. The summed E-state index contributed by atoms with van der Waals surface area (Å²) < 4.78 is 10.3. The molecule has 1 N–H and O–H groups in total. The van der Waals surface area contributed by atoms with Gasteiger partial charge in [0.2, 0.25) is 5.75 Å². The molecular formula is C21H22O4. The van der Waals surface area contributed by atoms with Gasteiger partial charge in [0.25, 0.3) is 0 Å². The number of hydrogen-bond donors (Lipinski definition) is 1. The fourth-order valence-electron chi connectivity index (χ4n) is 3.16. The largest absolute Gasteiger partial charge is 0.502 e. The number of benzene rings is 2. The van der Waals surface area contributed by atoms with Crippen LogP contribution in [0.2, 0.25) is 0 Å². The zero-order valence-corrected chi connectivity index (χ0v) is 14.5. The summed E-state index contributed by atoms with van der Waals surface area (Å²) in [6.07, 6.45) is 7.81. The monoisotopic (exact) mass is 338 g/mol. The van der Waals surface area contributed by atoms with Gasteiger partial charge < -0.3 is 14.6 Å². The van der Waals surface area contributed by atoms with Gasteiger partial charge in [0.15, 0.2) is 17.3 Å². The molecule has 0 spiro atoms. The van der Waals surface area contributed by atoms with Crippen LogP contribution in [-0.2, 0) is 12.8 Å². The van der Waals surface area contributed by atoms with Gasteiger partial charge in [0, 0.05) is 5.56 Å². The topological polar surface area (TPSA) is 55.8 Å². The number of methoxy groups -OCH3 is 2. The molecule has 1 aliphatic rings. The number of aromatic hydroxyl groups is 1. The fraction of sp³-hybridized carbons (Fsp3) is 0.286. The van der Waals surface area contributed by atoms with Crippen molar-refractivity contribution >= 4 is 11.9 Å². The number of phenols is 1. The summed E-state index contributed by atoms with van der Waals surface area (Å²) in [4.78, 5) is 12.5. The van der Waals surface area contributed by atoms with E-state index in [0.717, 1.165) is 18.4 Å². The summed E-state index contributed by atoms with van der Waals surface area (Å²) in [5.74, 6) is 0.517. The van der Waals surface area contributed by atoms with Crippen LogP contribution < -0.4 is 9.47 Å². The number of phenolic OH excluding ortho intramolecular Hbond substituents is 1. The third-order valence-corrected chi connectivity index (χ3v) is 4.56. The number of allylic oxidation sites excluding steroid dienone is 1. The molecule has 1 aliphatic carbocycles. The van der Waals surface area contributed by atoms with Crippen LogP contribution in [0.3, 0.4) is 0 Å². The molecule has 4 nitrogen and oxygen atoms in total. The molecule has 0 aliphatic heterocycles. The number of rotatable bonds is 5. The standard InChI is InChI=1S/C21H22O4/c1-24-19-11-14(12-20(25-2)21(19)23)7-10-18(22)17-9-8-15-5-3-4-6-16(15)13-17/h7-13,23H,3-6H2,1-2H3.